The van der Waals surface area contributed by atoms with E-state index in [1.807, 2.05) is 0 Å². The van der Waals surface area contributed by atoms with Crippen molar-refractivity contribution in [2.75, 3.05) is 11.9 Å². The standard InChI is InChI=1S/C23H18F3N3O3/c1-3-32-22(31)28-17-11-7-10-16(12-17)19-13-18(23(24,25)26)20(27-2)21(30)29(19)14-15-8-5-4-6-9-15/h4-13H,3,14H2,1H3,(H,28,31). The molecule has 0 aliphatic heterocycles. The van der Waals surface area contributed by atoms with E-state index in [1.54, 1.807) is 37.3 Å². The number of alkyl halides is 3. The highest BCUT2D eigenvalue weighted by molar-refractivity contribution is 5.85. The fourth-order valence-electron chi connectivity index (χ4n) is 3.16. The minimum atomic E-state index is -4.89. The van der Waals surface area contributed by atoms with Crippen molar-refractivity contribution in [2.24, 2.45) is 0 Å². The number of benzene rings is 2. The van der Waals surface area contributed by atoms with E-state index in [0.29, 0.717) is 5.56 Å². The Morgan fingerprint density at radius 3 is 2.47 bits per heavy atom. The van der Waals surface area contributed by atoms with Crippen molar-refractivity contribution < 1.29 is 22.7 Å². The topological polar surface area (TPSA) is 64.7 Å². The van der Waals surface area contributed by atoms with Gasteiger partial charge in [-0.15, -0.1) is 0 Å². The lowest BCUT2D eigenvalue weighted by molar-refractivity contribution is -0.136. The van der Waals surface area contributed by atoms with E-state index in [0.717, 1.165) is 10.6 Å². The highest BCUT2D eigenvalue weighted by Crippen LogP contribution is 2.37. The van der Waals surface area contributed by atoms with Crippen LogP contribution < -0.4 is 10.9 Å². The van der Waals surface area contributed by atoms with Crippen molar-refractivity contribution in [2.45, 2.75) is 19.6 Å². The van der Waals surface area contributed by atoms with Gasteiger partial charge in [-0.3, -0.25) is 10.1 Å². The number of nitrogens with one attached hydrogen (secondary N) is 1. The van der Waals surface area contributed by atoms with Gasteiger partial charge in [0.25, 0.3) is 11.2 Å². The Bertz CT molecular complexity index is 1230. The lowest BCUT2D eigenvalue weighted by Gasteiger charge is -2.18. The van der Waals surface area contributed by atoms with Gasteiger partial charge in [-0.1, -0.05) is 42.5 Å². The lowest BCUT2D eigenvalue weighted by atomic mass is 10.1. The number of hydrogen-bond donors (Lipinski definition) is 1. The molecule has 1 aromatic heterocycles. The van der Waals surface area contributed by atoms with Crippen LogP contribution in [0.1, 0.15) is 18.1 Å². The van der Waals surface area contributed by atoms with E-state index in [1.165, 1.54) is 24.3 Å². The third-order valence-electron chi connectivity index (χ3n) is 4.56. The highest BCUT2D eigenvalue weighted by atomic mass is 19.4. The third-order valence-corrected chi connectivity index (χ3v) is 4.56. The SMILES string of the molecule is [C-]#[N+]c1c(C(F)(F)F)cc(-c2cccc(NC(=O)OCC)c2)n(Cc2ccccc2)c1=O. The summed E-state index contributed by atoms with van der Waals surface area (Å²) in [7, 11) is 0. The Kier molecular flexibility index (Phi) is 6.64. The van der Waals surface area contributed by atoms with Gasteiger partial charge in [-0.05, 0) is 30.7 Å². The number of anilines is 1. The predicted octanol–water partition coefficient (Wildman–Crippen LogP) is 5.70. The van der Waals surface area contributed by atoms with Gasteiger partial charge in [-0.25, -0.2) is 9.64 Å². The first-order valence-corrected chi connectivity index (χ1v) is 9.55. The summed E-state index contributed by atoms with van der Waals surface area (Å²) in [6, 6.07) is 15.5. The van der Waals surface area contributed by atoms with Gasteiger partial charge in [0.15, 0.2) is 0 Å². The Hall–Kier alpha value is -4.06. The van der Waals surface area contributed by atoms with Crippen LogP contribution in [0, 0.1) is 6.57 Å². The summed E-state index contributed by atoms with van der Waals surface area (Å²) in [5.74, 6) is 0. The van der Waals surface area contributed by atoms with Crippen LogP contribution in [0.4, 0.5) is 29.3 Å². The molecule has 1 N–H and O–H groups in total. The third kappa shape index (κ3) is 4.98. The number of nitrogens with zero attached hydrogens (tertiary/aromatic N) is 2. The number of aromatic nitrogens is 1. The molecule has 0 radical (unpaired) electrons. The summed E-state index contributed by atoms with van der Waals surface area (Å²) in [6.45, 7) is 8.90. The van der Waals surface area contributed by atoms with Crippen LogP contribution in [0.15, 0.2) is 65.5 Å². The maximum atomic E-state index is 13.6. The zero-order valence-corrected chi connectivity index (χ0v) is 16.9. The molecule has 6 nitrogen and oxygen atoms in total. The van der Waals surface area contributed by atoms with E-state index < -0.39 is 29.1 Å². The smallest absolute Gasteiger partial charge is 0.411 e. The molecule has 3 aromatic rings. The Labute approximate surface area is 181 Å². The van der Waals surface area contributed by atoms with Crippen LogP contribution in [0.3, 0.4) is 0 Å². The molecule has 3 rings (SSSR count). The molecule has 1 amide bonds. The maximum Gasteiger partial charge on any atom is 0.411 e. The zero-order chi connectivity index (χ0) is 23.3. The molecule has 0 bridgehead atoms. The second-order valence-corrected chi connectivity index (χ2v) is 6.70. The molecule has 1 heterocycles. The van der Waals surface area contributed by atoms with Gasteiger partial charge in [0.2, 0.25) is 0 Å². The van der Waals surface area contributed by atoms with Gasteiger partial charge < -0.3 is 9.30 Å². The molecule has 0 fully saturated rings. The van der Waals surface area contributed by atoms with E-state index in [-0.39, 0.29) is 30.1 Å². The zero-order valence-electron chi connectivity index (χ0n) is 16.9. The van der Waals surface area contributed by atoms with Crippen LogP contribution >= 0.6 is 0 Å². The molecule has 9 heteroatoms. The molecule has 0 aliphatic rings. The van der Waals surface area contributed by atoms with Gasteiger partial charge in [-0.2, -0.15) is 13.2 Å². The average molecular weight is 441 g/mol. The predicted molar refractivity (Wildman–Crippen MR) is 114 cm³/mol. The normalized spacial score (nSPS) is 11.0. The van der Waals surface area contributed by atoms with Crippen LogP contribution in [-0.2, 0) is 17.5 Å². The first-order chi connectivity index (χ1) is 15.2. The summed E-state index contributed by atoms with van der Waals surface area (Å²) in [4.78, 5) is 27.6. The minimum Gasteiger partial charge on any atom is -0.450 e. The number of carbonyl (C=O) groups is 1. The quantitative estimate of drug-likeness (QED) is 0.517. The van der Waals surface area contributed by atoms with Crippen molar-refractivity contribution >= 4 is 17.5 Å². The number of hydrogen-bond acceptors (Lipinski definition) is 3. The van der Waals surface area contributed by atoms with Gasteiger partial charge >= 0.3 is 12.3 Å². The maximum absolute atomic E-state index is 13.6. The average Bonchev–Trinajstić information content (AvgIpc) is 2.75. The molecule has 32 heavy (non-hydrogen) atoms. The Morgan fingerprint density at radius 2 is 1.84 bits per heavy atom. The van der Waals surface area contributed by atoms with Crippen LogP contribution in [0.5, 0.6) is 0 Å². The molecule has 0 saturated heterocycles. The molecular weight excluding hydrogens is 423 g/mol. The summed E-state index contributed by atoms with van der Waals surface area (Å²) < 4.78 is 46.9. The highest BCUT2D eigenvalue weighted by Gasteiger charge is 2.36. The molecule has 164 valence electrons. The number of rotatable bonds is 5. The number of halogens is 3. The van der Waals surface area contributed by atoms with Crippen molar-refractivity contribution in [3.8, 4) is 11.3 Å². The minimum absolute atomic E-state index is 0.0360. The number of amides is 1. The van der Waals surface area contributed by atoms with Crippen LogP contribution in [-0.4, -0.2) is 17.3 Å². The molecule has 0 spiro atoms. The van der Waals surface area contributed by atoms with Crippen molar-refractivity contribution in [1.29, 1.82) is 0 Å². The van der Waals surface area contributed by atoms with Crippen LogP contribution in [0.25, 0.3) is 16.1 Å². The van der Waals surface area contributed by atoms with E-state index in [4.69, 9.17) is 11.3 Å². The summed E-state index contributed by atoms with van der Waals surface area (Å²) >= 11 is 0. The Morgan fingerprint density at radius 1 is 1.12 bits per heavy atom. The van der Waals surface area contributed by atoms with Gasteiger partial charge in [0.05, 0.1) is 18.7 Å². The van der Waals surface area contributed by atoms with Crippen molar-refractivity contribution in [3.05, 3.63) is 93.6 Å². The largest absolute Gasteiger partial charge is 0.450 e. The fourth-order valence-corrected chi connectivity index (χ4v) is 3.16. The van der Waals surface area contributed by atoms with Gasteiger partial charge in [0, 0.05) is 23.5 Å². The monoisotopic (exact) mass is 441 g/mol. The molecular formula is C23H18F3N3O3. The molecule has 2 aromatic carbocycles. The van der Waals surface area contributed by atoms with E-state index in [9.17, 15) is 22.8 Å². The molecule has 0 aliphatic carbocycles. The summed E-state index contributed by atoms with van der Waals surface area (Å²) in [5.41, 5.74) is -2.16. The first-order valence-electron chi connectivity index (χ1n) is 9.55. The fraction of sp³-hybridized carbons (Fsp3) is 0.174. The van der Waals surface area contributed by atoms with Crippen molar-refractivity contribution in [3.63, 3.8) is 0 Å². The summed E-state index contributed by atoms with van der Waals surface area (Å²) in [6.07, 6.45) is -5.61. The second kappa shape index (κ2) is 9.39. The van der Waals surface area contributed by atoms with Crippen LogP contribution in [0.2, 0.25) is 0 Å². The van der Waals surface area contributed by atoms with Gasteiger partial charge in [0.1, 0.15) is 0 Å². The van der Waals surface area contributed by atoms with E-state index in [2.05, 4.69) is 10.2 Å². The second-order valence-electron chi connectivity index (χ2n) is 6.70. The number of pyridine rings is 1. The number of ether oxygens (including phenoxy) is 1. The lowest BCUT2D eigenvalue weighted by Crippen LogP contribution is -2.25. The summed E-state index contributed by atoms with van der Waals surface area (Å²) in [5, 5.41) is 2.48. The molecule has 0 saturated carbocycles. The molecule has 0 atom stereocenters. The van der Waals surface area contributed by atoms with E-state index >= 15 is 0 Å². The molecule has 0 unspecified atom stereocenters. The first kappa shape index (κ1) is 22.6. The Balaban J connectivity index is 2.21. The van der Waals surface area contributed by atoms with Crippen molar-refractivity contribution in [1.82, 2.24) is 4.57 Å². The number of carbonyl (C=O) groups excluding carboxylic acids is 1.